The van der Waals surface area contributed by atoms with Gasteiger partial charge < -0.3 is 29.9 Å². The van der Waals surface area contributed by atoms with Crippen LogP contribution in [0.25, 0.3) is 0 Å². The summed E-state index contributed by atoms with van der Waals surface area (Å²) in [4.78, 5) is 9.51. The van der Waals surface area contributed by atoms with Crippen molar-refractivity contribution in [3.8, 4) is 11.5 Å². The predicted molar refractivity (Wildman–Crippen MR) is 132 cm³/mol. The number of rotatable bonds is 11. The molecule has 0 spiro atoms. The zero-order chi connectivity index (χ0) is 22.6. The highest BCUT2D eigenvalue weighted by Crippen LogP contribution is 2.34. The molecule has 0 unspecified atom stereocenters. The van der Waals surface area contributed by atoms with E-state index in [1.165, 1.54) is 58.5 Å². The van der Waals surface area contributed by atoms with Crippen LogP contribution in [0.4, 0.5) is 0 Å². The molecule has 0 atom stereocenters. The Morgan fingerprint density at radius 1 is 1.06 bits per heavy atom. The summed E-state index contributed by atoms with van der Waals surface area (Å²) in [7, 11) is 3.53. The summed E-state index contributed by atoms with van der Waals surface area (Å²) in [5.41, 5.74) is 1.10. The monoisotopic (exact) mass is 445 g/mol. The second kappa shape index (κ2) is 13.5. The summed E-state index contributed by atoms with van der Waals surface area (Å²) in [6.07, 6.45) is 7.41. The van der Waals surface area contributed by atoms with Crippen LogP contribution in [0.15, 0.2) is 23.2 Å². The van der Waals surface area contributed by atoms with Crippen molar-refractivity contribution in [2.24, 2.45) is 4.99 Å². The van der Waals surface area contributed by atoms with Crippen molar-refractivity contribution in [3.05, 3.63) is 23.8 Å². The minimum absolute atomic E-state index is 0.299. The second-order valence-corrected chi connectivity index (χ2v) is 8.81. The molecule has 1 saturated carbocycles. The van der Waals surface area contributed by atoms with Gasteiger partial charge in [-0.2, -0.15) is 0 Å². The highest BCUT2D eigenvalue weighted by atomic mass is 16.5. The summed E-state index contributed by atoms with van der Waals surface area (Å²) in [5.74, 6) is 2.50. The SMILES string of the molecule is CCN1CCN(CCCCNC(=NC)NCc2cccc(OC)c2OC2CCCC2)CC1. The van der Waals surface area contributed by atoms with Gasteiger partial charge in [-0.15, -0.1) is 0 Å². The molecule has 1 aromatic rings. The lowest BCUT2D eigenvalue weighted by molar-refractivity contribution is 0.136. The van der Waals surface area contributed by atoms with Gasteiger partial charge in [-0.05, 0) is 57.7 Å². The van der Waals surface area contributed by atoms with Crippen molar-refractivity contribution in [3.63, 3.8) is 0 Å². The fraction of sp³-hybridized carbons (Fsp3) is 0.720. The minimum atomic E-state index is 0.299. The molecule has 3 rings (SSSR count). The molecule has 1 aromatic carbocycles. The number of hydrogen-bond acceptors (Lipinski definition) is 5. The van der Waals surface area contributed by atoms with E-state index in [2.05, 4.69) is 38.4 Å². The third kappa shape index (κ3) is 7.55. The Labute approximate surface area is 194 Å². The van der Waals surface area contributed by atoms with E-state index in [1.54, 1.807) is 7.11 Å². The molecule has 2 aliphatic rings. The third-order valence-electron chi connectivity index (χ3n) is 6.64. The van der Waals surface area contributed by atoms with E-state index < -0.39 is 0 Å². The van der Waals surface area contributed by atoms with Gasteiger partial charge >= 0.3 is 0 Å². The number of nitrogens with zero attached hydrogens (tertiary/aromatic N) is 3. The molecule has 7 heteroatoms. The number of para-hydroxylation sites is 1. The van der Waals surface area contributed by atoms with E-state index in [0.717, 1.165) is 48.8 Å². The normalized spacial score (nSPS) is 18.7. The molecule has 2 fully saturated rings. The van der Waals surface area contributed by atoms with Crippen LogP contribution in [-0.2, 0) is 6.54 Å². The Balaban J connectivity index is 1.39. The topological polar surface area (TPSA) is 61.4 Å². The van der Waals surface area contributed by atoms with Crippen LogP contribution in [0, 0.1) is 0 Å². The lowest BCUT2D eigenvalue weighted by atomic mass is 10.1. The number of unbranched alkanes of at least 4 members (excludes halogenated alkanes) is 1. The number of guanidine groups is 1. The Hall–Kier alpha value is -1.99. The van der Waals surface area contributed by atoms with Crippen LogP contribution in [0.1, 0.15) is 51.0 Å². The fourth-order valence-corrected chi connectivity index (χ4v) is 4.56. The molecule has 0 bridgehead atoms. The van der Waals surface area contributed by atoms with Crippen LogP contribution in [0.5, 0.6) is 11.5 Å². The van der Waals surface area contributed by atoms with Crippen molar-refractivity contribution >= 4 is 5.96 Å². The Bertz CT molecular complexity index is 698. The Kier molecular flexibility index (Phi) is 10.4. The zero-order valence-electron chi connectivity index (χ0n) is 20.4. The summed E-state index contributed by atoms with van der Waals surface area (Å²) in [6, 6.07) is 6.10. The van der Waals surface area contributed by atoms with Crippen LogP contribution in [0.3, 0.4) is 0 Å². The molecular formula is C25H43N5O2. The van der Waals surface area contributed by atoms with Crippen molar-refractivity contribution in [1.29, 1.82) is 0 Å². The van der Waals surface area contributed by atoms with Crippen LogP contribution >= 0.6 is 0 Å². The first-order valence-electron chi connectivity index (χ1n) is 12.4. The Morgan fingerprint density at radius 2 is 1.81 bits per heavy atom. The number of aliphatic imine (C=N–C) groups is 1. The molecule has 1 heterocycles. The maximum absolute atomic E-state index is 6.35. The molecule has 32 heavy (non-hydrogen) atoms. The van der Waals surface area contributed by atoms with Gasteiger partial charge in [0.2, 0.25) is 0 Å². The fourth-order valence-electron chi connectivity index (χ4n) is 4.56. The van der Waals surface area contributed by atoms with Crippen molar-refractivity contribution in [1.82, 2.24) is 20.4 Å². The third-order valence-corrected chi connectivity index (χ3v) is 6.64. The van der Waals surface area contributed by atoms with Gasteiger partial charge in [-0.25, -0.2) is 0 Å². The average molecular weight is 446 g/mol. The van der Waals surface area contributed by atoms with E-state index in [1.807, 2.05) is 19.2 Å². The number of piperazine rings is 1. The lowest BCUT2D eigenvalue weighted by Crippen LogP contribution is -2.46. The molecule has 0 radical (unpaired) electrons. The van der Waals surface area contributed by atoms with Gasteiger partial charge in [-0.3, -0.25) is 4.99 Å². The largest absolute Gasteiger partial charge is 0.493 e. The second-order valence-electron chi connectivity index (χ2n) is 8.81. The Morgan fingerprint density at radius 3 is 2.50 bits per heavy atom. The van der Waals surface area contributed by atoms with E-state index >= 15 is 0 Å². The van der Waals surface area contributed by atoms with Crippen molar-refractivity contribution < 1.29 is 9.47 Å². The lowest BCUT2D eigenvalue weighted by Gasteiger charge is -2.34. The number of hydrogen-bond donors (Lipinski definition) is 2. The van der Waals surface area contributed by atoms with E-state index in [-0.39, 0.29) is 0 Å². The van der Waals surface area contributed by atoms with Crippen LogP contribution in [0.2, 0.25) is 0 Å². The molecule has 0 aromatic heterocycles. The van der Waals surface area contributed by atoms with Gasteiger partial charge in [0.1, 0.15) is 0 Å². The van der Waals surface area contributed by atoms with Gasteiger partial charge in [-0.1, -0.05) is 19.1 Å². The highest BCUT2D eigenvalue weighted by molar-refractivity contribution is 5.79. The molecule has 2 N–H and O–H groups in total. The van der Waals surface area contributed by atoms with E-state index in [0.29, 0.717) is 12.6 Å². The minimum Gasteiger partial charge on any atom is -0.493 e. The average Bonchev–Trinajstić information content (AvgIpc) is 3.35. The van der Waals surface area contributed by atoms with Gasteiger partial charge in [0.15, 0.2) is 17.5 Å². The van der Waals surface area contributed by atoms with E-state index in [9.17, 15) is 0 Å². The number of methoxy groups -OCH3 is 1. The first-order chi connectivity index (χ1) is 15.7. The van der Waals surface area contributed by atoms with Gasteiger partial charge in [0, 0.05) is 51.9 Å². The molecule has 180 valence electrons. The van der Waals surface area contributed by atoms with Crippen molar-refractivity contribution in [2.75, 3.05) is 60.0 Å². The summed E-state index contributed by atoms with van der Waals surface area (Å²) >= 11 is 0. The zero-order valence-corrected chi connectivity index (χ0v) is 20.4. The predicted octanol–water partition coefficient (Wildman–Crippen LogP) is 3.10. The summed E-state index contributed by atoms with van der Waals surface area (Å²) in [5, 5.41) is 6.90. The van der Waals surface area contributed by atoms with Crippen LogP contribution in [-0.4, -0.2) is 81.8 Å². The summed E-state index contributed by atoms with van der Waals surface area (Å²) in [6.45, 7) is 11.0. The maximum Gasteiger partial charge on any atom is 0.191 e. The van der Waals surface area contributed by atoms with Gasteiger partial charge in [0.25, 0.3) is 0 Å². The van der Waals surface area contributed by atoms with Gasteiger partial charge in [0.05, 0.1) is 13.2 Å². The van der Waals surface area contributed by atoms with Crippen molar-refractivity contribution in [2.45, 2.75) is 58.1 Å². The molecule has 1 aliphatic carbocycles. The number of ether oxygens (including phenoxy) is 2. The molecule has 1 saturated heterocycles. The highest BCUT2D eigenvalue weighted by Gasteiger charge is 2.20. The molecule has 0 amide bonds. The standard InChI is InChI=1S/C25H43N5O2/c1-4-29-16-18-30(19-17-29)15-8-7-14-27-25(26-2)28-20-21-10-9-13-23(31-3)24(21)32-22-11-5-6-12-22/h9-10,13,22H,4-8,11-12,14-20H2,1-3H3,(H2,26,27,28). The molecule has 7 nitrogen and oxygen atoms in total. The first kappa shape index (κ1) is 24.6. The number of nitrogens with one attached hydrogen (secondary N) is 2. The number of likely N-dealkylation sites (N-methyl/N-ethyl adjacent to an activating group) is 1. The molecule has 1 aliphatic heterocycles. The quantitative estimate of drug-likeness (QED) is 0.310. The van der Waals surface area contributed by atoms with E-state index in [4.69, 9.17) is 9.47 Å². The first-order valence-corrected chi connectivity index (χ1v) is 12.4. The molecular weight excluding hydrogens is 402 g/mol. The van der Waals surface area contributed by atoms with Crippen LogP contribution < -0.4 is 20.1 Å². The summed E-state index contributed by atoms with van der Waals surface area (Å²) < 4.78 is 11.9. The smallest absolute Gasteiger partial charge is 0.191 e. The maximum atomic E-state index is 6.35. The number of benzene rings is 1.